The summed E-state index contributed by atoms with van der Waals surface area (Å²) >= 11 is 0. The van der Waals surface area contributed by atoms with Crippen molar-refractivity contribution < 1.29 is 13.2 Å². The van der Waals surface area contributed by atoms with Crippen molar-refractivity contribution in [2.45, 2.75) is 6.18 Å². The molecule has 0 bridgehead atoms. The van der Waals surface area contributed by atoms with Crippen molar-refractivity contribution in [3.63, 3.8) is 0 Å². The van der Waals surface area contributed by atoms with Crippen LogP contribution >= 0.6 is 0 Å². The van der Waals surface area contributed by atoms with Crippen molar-refractivity contribution in [1.82, 2.24) is 19.9 Å². The monoisotopic (exact) mass is 200 g/mol. The van der Waals surface area contributed by atoms with E-state index in [0.29, 0.717) is 0 Å². The van der Waals surface area contributed by atoms with E-state index in [-0.39, 0.29) is 11.2 Å². The Bertz CT molecular complexity index is 462. The molecule has 72 valence electrons. The second-order valence-corrected chi connectivity index (χ2v) is 2.45. The van der Waals surface area contributed by atoms with Crippen molar-refractivity contribution in [3.8, 4) is 0 Å². The summed E-state index contributed by atoms with van der Waals surface area (Å²) in [7, 11) is 0. The maximum atomic E-state index is 12.4. The van der Waals surface area contributed by atoms with E-state index in [4.69, 9.17) is 0 Å². The first-order valence-electron chi connectivity index (χ1n) is 3.58. The minimum absolute atomic E-state index is 0.0603. The lowest BCUT2D eigenvalue weighted by molar-refractivity contribution is -0.140. The smallest absolute Gasteiger partial charge is 0.249 e. The Kier molecular flexibility index (Phi) is 1.80. The molecule has 0 radical (unpaired) electrons. The molecule has 0 aliphatic carbocycles. The van der Waals surface area contributed by atoms with Crippen molar-refractivity contribution >= 4 is 11.2 Å². The number of rotatable bonds is 0. The number of hydrogen-bond acceptors (Lipinski definition) is 4. The minimum atomic E-state index is -4.53. The zero-order valence-corrected chi connectivity index (χ0v) is 6.65. The van der Waals surface area contributed by atoms with Gasteiger partial charge in [-0.2, -0.15) is 13.2 Å². The molecule has 2 aromatic heterocycles. The number of alkyl halides is 3. The molecule has 0 aromatic carbocycles. The predicted octanol–water partition coefficient (Wildman–Crippen LogP) is 1.44. The summed E-state index contributed by atoms with van der Waals surface area (Å²) in [5.41, 5.74) is -1.45. The molecule has 0 fully saturated rings. The minimum Gasteiger partial charge on any atom is -0.249 e. The maximum absolute atomic E-state index is 12.4. The maximum Gasteiger partial charge on any atom is 0.435 e. The van der Waals surface area contributed by atoms with Gasteiger partial charge in [0, 0.05) is 12.4 Å². The number of nitrogens with zero attached hydrogens (tertiary/aromatic N) is 4. The Morgan fingerprint density at radius 3 is 2.36 bits per heavy atom. The number of aromatic nitrogens is 4. The van der Waals surface area contributed by atoms with E-state index < -0.39 is 11.9 Å². The van der Waals surface area contributed by atoms with Crippen LogP contribution in [0.1, 0.15) is 5.69 Å². The first-order chi connectivity index (χ1) is 6.59. The second-order valence-electron chi connectivity index (χ2n) is 2.45. The van der Waals surface area contributed by atoms with Gasteiger partial charge in [-0.15, -0.1) is 0 Å². The quantitative estimate of drug-likeness (QED) is 0.645. The van der Waals surface area contributed by atoms with Crippen LogP contribution in [0.4, 0.5) is 13.2 Å². The van der Waals surface area contributed by atoms with Gasteiger partial charge in [0.05, 0.1) is 0 Å². The Labute approximate surface area is 75.9 Å². The molecule has 14 heavy (non-hydrogen) atoms. The van der Waals surface area contributed by atoms with E-state index in [1.165, 1.54) is 12.4 Å². The molecule has 4 nitrogen and oxygen atoms in total. The van der Waals surface area contributed by atoms with Crippen molar-refractivity contribution in [1.29, 1.82) is 0 Å². The van der Waals surface area contributed by atoms with Crippen LogP contribution in [0, 0.1) is 0 Å². The third-order valence-electron chi connectivity index (χ3n) is 1.54. The number of fused-ring (bicyclic) bond motifs is 1. The summed E-state index contributed by atoms with van der Waals surface area (Å²) in [4.78, 5) is 13.9. The van der Waals surface area contributed by atoms with Gasteiger partial charge in [0.1, 0.15) is 11.8 Å². The summed E-state index contributed by atoms with van der Waals surface area (Å²) in [6.07, 6.45) is -1.27. The van der Waals surface area contributed by atoms with Crippen LogP contribution < -0.4 is 0 Å². The fraction of sp³-hybridized carbons (Fsp3) is 0.143. The largest absolute Gasteiger partial charge is 0.435 e. The van der Waals surface area contributed by atoms with Crippen molar-refractivity contribution in [2.24, 2.45) is 0 Å². The lowest BCUT2D eigenvalue weighted by atomic mass is 10.3. The zero-order valence-electron chi connectivity index (χ0n) is 6.65. The Hall–Kier alpha value is -1.79. The van der Waals surface area contributed by atoms with Crippen molar-refractivity contribution in [2.75, 3.05) is 0 Å². The highest BCUT2D eigenvalue weighted by Crippen LogP contribution is 2.30. The molecule has 2 rings (SSSR count). The molecule has 0 saturated heterocycles. The van der Waals surface area contributed by atoms with E-state index in [0.717, 1.165) is 6.33 Å². The lowest BCUT2D eigenvalue weighted by Crippen LogP contribution is -2.10. The third-order valence-corrected chi connectivity index (χ3v) is 1.54. The molecule has 0 unspecified atom stereocenters. The fourth-order valence-corrected chi connectivity index (χ4v) is 1.00. The molecular weight excluding hydrogens is 197 g/mol. The van der Waals surface area contributed by atoms with E-state index in [1.54, 1.807) is 0 Å². The highest BCUT2D eigenvalue weighted by molar-refractivity contribution is 5.71. The van der Waals surface area contributed by atoms with Crippen LogP contribution in [0.3, 0.4) is 0 Å². The van der Waals surface area contributed by atoms with E-state index in [1.807, 2.05) is 0 Å². The van der Waals surface area contributed by atoms with Gasteiger partial charge in [0.15, 0.2) is 11.3 Å². The van der Waals surface area contributed by atoms with Crippen LogP contribution in [0.15, 0.2) is 18.7 Å². The summed E-state index contributed by atoms with van der Waals surface area (Å²) < 4.78 is 37.1. The summed E-state index contributed by atoms with van der Waals surface area (Å²) in [5.74, 6) is 0. The highest BCUT2D eigenvalue weighted by Gasteiger charge is 2.35. The highest BCUT2D eigenvalue weighted by atomic mass is 19.4. The topological polar surface area (TPSA) is 51.6 Å². The lowest BCUT2D eigenvalue weighted by Gasteiger charge is -2.05. The number of halogens is 3. The molecule has 2 aromatic rings. The fourth-order valence-electron chi connectivity index (χ4n) is 1.00. The molecule has 0 aliphatic rings. The standard InChI is InChI=1S/C7H3F3N4/c8-7(9,10)5-4-6(14-3-13-5)12-2-1-11-4/h1-3H. The second kappa shape index (κ2) is 2.86. The molecule has 0 N–H and O–H groups in total. The van der Waals surface area contributed by atoms with Crippen LogP contribution in [0.25, 0.3) is 11.2 Å². The molecule has 0 amide bonds. The normalized spacial score (nSPS) is 11.9. The van der Waals surface area contributed by atoms with E-state index in [9.17, 15) is 13.2 Å². The van der Waals surface area contributed by atoms with Gasteiger partial charge in [0.2, 0.25) is 0 Å². The predicted molar refractivity (Wildman–Crippen MR) is 40.1 cm³/mol. The Morgan fingerprint density at radius 1 is 0.929 bits per heavy atom. The number of hydrogen-bond donors (Lipinski definition) is 0. The molecule has 0 atom stereocenters. The molecule has 0 aliphatic heterocycles. The van der Waals surface area contributed by atoms with Gasteiger partial charge < -0.3 is 0 Å². The summed E-state index contributed by atoms with van der Waals surface area (Å²) in [5, 5.41) is 0. The van der Waals surface area contributed by atoms with Gasteiger partial charge in [-0.1, -0.05) is 0 Å². The van der Waals surface area contributed by atoms with Crippen LogP contribution in [0.5, 0.6) is 0 Å². The first kappa shape index (κ1) is 8.79. The first-order valence-corrected chi connectivity index (χ1v) is 3.58. The van der Waals surface area contributed by atoms with Gasteiger partial charge >= 0.3 is 6.18 Å². The average molecular weight is 200 g/mol. The van der Waals surface area contributed by atoms with Crippen LogP contribution in [-0.2, 0) is 6.18 Å². The van der Waals surface area contributed by atoms with E-state index in [2.05, 4.69) is 19.9 Å². The van der Waals surface area contributed by atoms with Crippen molar-refractivity contribution in [3.05, 3.63) is 24.4 Å². The van der Waals surface area contributed by atoms with Crippen LogP contribution in [0.2, 0.25) is 0 Å². The average Bonchev–Trinajstić information content (AvgIpc) is 2.15. The summed E-state index contributed by atoms with van der Waals surface area (Å²) in [6.45, 7) is 0. The van der Waals surface area contributed by atoms with Gasteiger partial charge in [-0.3, -0.25) is 0 Å². The molecule has 0 spiro atoms. The molecule has 2 heterocycles. The van der Waals surface area contributed by atoms with Crippen LogP contribution in [-0.4, -0.2) is 19.9 Å². The Morgan fingerprint density at radius 2 is 1.64 bits per heavy atom. The molecular formula is C7H3F3N4. The summed E-state index contributed by atoms with van der Waals surface area (Å²) in [6, 6.07) is 0. The van der Waals surface area contributed by atoms with Gasteiger partial charge in [0.25, 0.3) is 0 Å². The van der Waals surface area contributed by atoms with Gasteiger partial charge in [-0.25, -0.2) is 19.9 Å². The van der Waals surface area contributed by atoms with E-state index >= 15 is 0 Å². The third kappa shape index (κ3) is 1.36. The van der Waals surface area contributed by atoms with Gasteiger partial charge in [-0.05, 0) is 0 Å². The molecule has 7 heteroatoms. The zero-order chi connectivity index (χ0) is 10.2. The SMILES string of the molecule is FC(F)(F)c1ncnc2nccnc12. The Balaban J connectivity index is 2.78. The molecule has 0 saturated carbocycles.